The van der Waals surface area contributed by atoms with Crippen LogP contribution in [-0.4, -0.2) is 21.8 Å². The van der Waals surface area contributed by atoms with Crippen LogP contribution < -0.4 is 10.6 Å². The van der Waals surface area contributed by atoms with E-state index in [-0.39, 0.29) is 12.5 Å². The van der Waals surface area contributed by atoms with Gasteiger partial charge in [0.05, 0.1) is 11.9 Å². The molecule has 0 aliphatic rings. The number of hydrogen-bond donors (Lipinski definition) is 2. The minimum atomic E-state index is -0.639. The van der Waals surface area contributed by atoms with E-state index < -0.39 is 6.09 Å². The Morgan fingerprint density at radius 2 is 1.89 bits per heavy atom. The lowest BCUT2D eigenvalue weighted by Gasteiger charge is -2.09. The van der Waals surface area contributed by atoms with Crippen LogP contribution in [0, 0.1) is 0 Å². The minimum absolute atomic E-state index is 0.140. The fraction of sp³-hybridized carbons (Fsp3) is 0.105. The molecule has 0 spiro atoms. The Balaban J connectivity index is 1.63. The molecule has 0 saturated carbocycles. The van der Waals surface area contributed by atoms with Crippen molar-refractivity contribution in [3.63, 3.8) is 0 Å². The van der Waals surface area contributed by atoms with Gasteiger partial charge in [0.15, 0.2) is 0 Å². The van der Waals surface area contributed by atoms with Crippen molar-refractivity contribution < 1.29 is 14.3 Å². The molecule has 0 atom stereocenters. The molecule has 0 radical (unpaired) electrons. The quantitative estimate of drug-likeness (QED) is 0.694. The number of hydrogen-bond acceptors (Lipinski definition) is 4. The number of aromatic nitrogens is 2. The molecule has 3 aromatic rings. The Morgan fingerprint density at radius 1 is 1.11 bits per heavy atom. The molecule has 1 heterocycles. The van der Waals surface area contributed by atoms with E-state index in [1.54, 1.807) is 17.9 Å². The van der Waals surface area contributed by atoms with Crippen LogP contribution in [-0.2, 0) is 18.4 Å². The number of nitrogens with one attached hydrogen (secondary N) is 2. The van der Waals surface area contributed by atoms with Crippen molar-refractivity contribution in [2.24, 2.45) is 7.05 Å². The third kappa shape index (κ3) is 5.32. The maximum absolute atomic E-state index is 12.4. The number of halogens is 1. The van der Waals surface area contributed by atoms with Gasteiger partial charge in [0.1, 0.15) is 6.61 Å². The second-order valence-corrected chi connectivity index (χ2v) is 6.21. The fourth-order valence-corrected chi connectivity index (χ4v) is 2.59. The second-order valence-electron chi connectivity index (χ2n) is 5.77. The first kappa shape index (κ1) is 18.5. The number of ether oxygens (including phenoxy) is 1. The van der Waals surface area contributed by atoms with Gasteiger partial charge in [0.2, 0.25) is 0 Å². The number of amides is 2. The molecule has 0 fully saturated rings. The molecule has 0 bridgehead atoms. The summed E-state index contributed by atoms with van der Waals surface area (Å²) >= 11 is 6.07. The second kappa shape index (κ2) is 8.37. The molecule has 7 nitrogen and oxygen atoms in total. The highest BCUT2D eigenvalue weighted by atomic mass is 35.5. The number of anilines is 2. The van der Waals surface area contributed by atoms with Crippen molar-refractivity contribution in [1.82, 2.24) is 9.78 Å². The predicted molar refractivity (Wildman–Crippen MR) is 103 cm³/mol. The predicted octanol–water partition coefficient (Wildman–Crippen LogP) is 4.07. The van der Waals surface area contributed by atoms with Crippen LogP contribution in [0.2, 0.25) is 5.02 Å². The summed E-state index contributed by atoms with van der Waals surface area (Å²) in [5, 5.41) is 9.58. The van der Waals surface area contributed by atoms with Crippen LogP contribution in [0.3, 0.4) is 0 Å². The highest BCUT2D eigenvalue weighted by Gasteiger charge is 2.12. The molecule has 0 aliphatic carbocycles. The third-order valence-corrected chi connectivity index (χ3v) is 3.80. The summed E-state index contributed by atoms with van der Waals surface area (Å²) in [5.41, 5.74) is 2.08. The number of aryl methyl sites for hydroxylation is 1. The van der Waals surface area contributed by atoms with Crippen LogP contribution in [0.25, 0.3) is 0 Å². The number of carbonyl (C=O) groups excluding carboxylic acids is 2. The minimum Gasteiger partial charge on any atom is -0.444 e. The van der Waals surface area contributed by atoms with Crippen LogP contribution in [0.1, 0.15) is 15.9 Å². The Bertz CT molecular complexity index is 957. The zero-order valence-electron chi connectivity index (χ0n) is 14.5. The molecular weight excluding hydrogens is 368 g/mol. The van der Waals surface area contributed by atoms with Crippen LogP contribution in [0.15, 0.2) is 60.9 Å². The highest BCUT2D eigenvalue weighted by molar-refractivity contribution is 6.31. The molecule has 1 aromatic heterocycles. The molecule has 2 N–H and O–H groups in total. The van der Waals surface area contributed by atoms with Gasteiger partial charge in [-0.25, -0.2) is 4.79 Å². The van der Waals surface area contributed by atoms with Crippen LogP contribution in [0.4, 0.5) is 16.2 Å². The number of rotatable bonds is 5. The Morgan fingerprint density at radius 3 is 2.59 bits per heavy atom. The van der Waals surface area contributed by atoms with E-state index in [4.69, 9.17) is 16.3 Å². The van der Waals surface area contributed by atoms with Gasteiger partial charge in [-0.3, -0.25) is 14.8 Å². The summed E-state index contributed by atoms with van der Waals surface area (Å²) in [7, 11) is 1.75. The molecule has 8 heteroatoms. The number of carbonyl (C=O) groups is 2. The number of benzene rings is 2. The highest BCUT2D eigenvalue weighted by Crippen LogP contribution is 2.20. The molecule has 0 unspecified atom stereocenters. The van der Waals surface area contributed by atoms with E-state index in [9.17, 15) is 9.59 Å². The van der Waals surface area contributed by atoms with E-state index in [1.165, 1.54) is 24.4 Å². The van der Waals surface area contributed by atoms with Crippen molar-refractivity contribution in [3.05, 3.63) is 77.1 Å². The summed E-state index contributed by atoms with van der Waals surface area (Å²) in [4.78, 5) is 24.4. The van der Waals surface area contributed by atoms with Gasteiger partial charge < -0.3 is 10.1 Å². The monoisotopic (exact) mass is 384 g/mol. The number of nitrogens with zero attached hydrogens (tertiary/aromatic N) is 2. The first-order valence-electron chi connectivity index (χ1n) is 8.08. The SMILES string of the molecule is Cn1cc(NC(=O)c2cc(Cl)cc(NC(=O)OCc3ccccc3)c2)cn1. The summed E-state index contributed by atoms with van der Waals surface area (Å²) in [5.74, 6) is -0.369. The largest absolute Gasteiger partial charge is 0.444 e. The Hall–Kier alpha value is -3.32. The molecule has 0 aliphatic heterocycles. The van der Waals surface area contributed by atoms with E-state index in [0.29, 0.717) is 22.0 Å². The summed E-state index contributed by atoms with van der Waals surface area (Å²) in [6.07, 6.45) is 2.56. The Labute approximate surface area is 160 Å². The van der Waals surface area contributed by atoms with Gasteiger partial charge in [-0.05, 0) is 23.8 Å². The maximum Gasteiger partial charge on any atom is 0.411 e. The van der Waals surface area contributed by atoms with E-state index >= 15 is 0 Å². The third-order valence-electron chi connectivity index (χ3n) is 3.58. The molecule has 0 saturated heterocycles. The molecule has 2 aromatic carbocycles. The zero-order chi connectivity index (χ0) is 19.2. The molecule has 27 heavy (non-hydrogen) atoms. The van der Waals surface area contributed by atoms with E-state index in [0.717, 1.165) is 5.56 Å². The first-order valence-corrected chi connectivity index (χ1v) is 8.46. The van der Waals surface area contributed by atoms with Gasteiger partial charge in [-0.2, -0.15) is 5.10 Å². The lowest BCUT2D eigenvalue weighted by molar-refractivity contribution is 0.102. The zero-order valence-corrected chi connectivity index (χ0v) is 15.2. The molecule has 138 valence electrons. The van der Waals surface area contributed by atoms with Crippen molar-refractivity contribution in [1.29, 1.82) is 0 Å². The van der Waals surface area contributed by atoms with E-state index in [2.05, 4.69) is 15.7 Å². The normalized spacial score (nSPS) is 10.3. The van der Waals surface area contributed by atoms with Crippen LogP contribution in [0.5, 0.6) is 0 Å². The van der Waals surface area contributed by atoms with Crippen molar-refractivity contribution in [3.8, 4) is 0 Å². The molecule has 2 amide bonds. The first-order chi connectivity index (χ1) is 13.0. The van der Waals surface area contributed by atoms with Gasteiger partial charge in [-0.1, -0.05) is 41.9 Å². The van der Waals surface area contributed by atoms with Crippen LogP contribution >= 0.6 is 11.6 Å². The summed E-state index contributed by atoms with van der Waals surface area (Å²) in [6.45, 7) is 0.140. The smallest absolute Gasteiger partial charge is 0.411 e. The van der Waals surface area contributed by atoms with Gasteiger partial charge in [-0.15, -0.1) is 0 Å². The topological polar surface area (TPSA) is 85.2 Å². The van der Waals surface area contributed by atoms with Gasteiger partial charge >= 0.3 is 6.09 Å². The van der Waals surface area contributed by atoms with E-state index in [1.807, 2.05) is 30.3 Å². The van der Waals surface area contributed by atoms with Crippen molar-refractivity contribution >= 4 is 35.0 Å². The van der Waals surface area contributed by atoms with Crippen molar-refractivity contribution in [2.75, 3.05) is 10.6 Å². The average molecular weight is 385 g/mol. The lowest BCUT2D eigenvalue weighted by Crippen LogP contribution is -2.15. The summed E-state index contributed by atoms with van der Waals surface area (Å²) < 4.78 is 6.74. The molecular formula is C19H17ClN4O3. The fourth-order valence-electron chi connectivity index (χ4n) is 2.36. The average Bonchev–Trinajstić information content (AvgIpc) is 3.05. The van der Waals surface area contributed by atoms with Gasteiger partial charge in [0.25, 0.3) is 5.91 Å². The lowest BCUT2D eigenvalue weighted by atomic mass is 10.2. The maximum atomic E-state index is 12.4. The molecule has 3 rings (SSSR count). The van der Waals surface area contributed by atoms with Crippen molar-refractivity contribution in [2.45, 2.75) is 6.61 Å². The summed E-state index contributed by atoms with van der Waals surface area (Å²) in [6, 6.07) is 13.9. The Kier molecular flexibility index (Phi) is 5.73. The van der Waals surface area contributed by atoms with Gasteiger partial charge in [0, 0.05) is 29.5 Å². The standard InChI is InChI=1S/C19H17ClN4O3/c1-24-11-17(10-21-24)22-18(25)14-7-15(20)9-16(8-14)23-19(26)27-12-13-5-3-2-4-6-13/h2-11H,12H2,1H3,(H,22,25)(H,23,26).